The first kappa shape index (κ1) is 19.1. The molecule has 1 aliphatic carbocycles. The summed E-state index contributed by atoms with van der Waals surface area (Å²) in [6, 6.07) is 16.1. The molecule has 0 spiro atoms. The maximum Gasteiger partial charge on any atom is 0.227 e. The molecular formula is C24H26ClNO2. The molecule has 0 radical (unpaired) electrons. The first-order valence-electron chi connectivity index (χ1n) is 9.98. The predicted octanol–water partition coefficient (Wildman–Crippen LogP) is 5.65. The van der Waals surface area contributed by atoms with Crippen LogP contribution in [0.5, 0.6) is 5.75 Å². The van der Waals surface area contributed by atoms with E-state index in [0.29, 0.717) is 23.2 Å². The van der Waals surface area contributed by atoms with Crippen LogP contribution in [0.3, 0.4) is 0 Å². The fourth-order valence-electron chi connectivity index (χ4n) is 4.84. The maximum atomic E-state index is 13.5. The molecule has 0 saturated carbocycles. The minimum atomic E-state index is -0.00767. The number of methoxy groups -OCH3 is 1. The van der Waals surface area contributed by atoms with Gasteiger partial charge in [0.15, 0.2) is 0 Å². The molecule has 4 heteroatoms. The molecule has 1 saturated heterocycles. The summed E-state index contributed by atoms with van der Waals surface area (Å²) in [5, 5.41) is 0.586. The monoisotopic (exact) mass is 395 g/mol. The number of amides is 1. The van der Waals surface area contributed by atoms with Gasteiger partial charge in [0.1, 0.15) is 5.75 Å². The number of fused-ring (bicyclic) bond motifs is 1. The van der Waals surface area contributed by atoms with Gasteiger partial charge in [0, 0.05) is 18.4 Å². The standard InChI is InChI=1S/C24H26ClNO2/c1-3-17-10-7-11-19-22(17)24(27)26(15-16-8-5-4-6-9-16)23(19)18-12-13-21(28-2)20(25)14-18/h4-9,11-14,17,19,22-23H,3,10,15H2,1-2H3/t17-,19+,22+,23+/m1/s1. The lowest BCUT2D eigenvalue weighted by Gasteiger charge is -2.30. The van der Waals surface area contributed by atoms with Crippen LogP contribution in [0.1, 0.15) is 36.9 Å². The van der Waals surface area contributed by atoms with Crippen LogP contribution in [0.25, 0.3) is 0 Å². The zero-order chi connectivity index (χ0) is 19.7. The first-order valence-corrected chi connectivity index (χ1v) is 10.4. The third-order valence-corrected chi connectivity index (χ3v) is 6.52. The highest BCUT2D eigenvalue weighted by molar-refractivity contribution is 6.32. The molecule has 0 N–H and O–H groups in total. The van der Waals surface area contributed by atoms with Crippen molar-refractivity contribution in [2.45, 2.75) is 32.4 Å². The second kappa shape index (κ2) is 8.00. The molecule has 146 valence electrons. The zero-order valence-corrected chi connectivity index (χ0v) is 17.1. The van der Waals surface area contributed by atoms with Crippen LogP contribution in [0, 0.1) is 17.8 Å². The number of likely N-dealkylation sites (tertiary alicyclic amines) is 1. The van der Waals surface area contributed by atoms with Crippen molar-refractivity contribution in [3.05, 3.63) is 76.8 Å². The van der Waals surface area contributed by atoms with E-state index in [1.807, 2.05) is 36.4 Å². The van der Waals surface area contributed by atoms with E-state index in [9.17, 15) is 4.79 Å². The number of rotatable bonds is 5. The molecule has 1 amide bonds. The van der Waals surface area contributed by atoms with Gasteiger partial charge in [-0.25, -0.2) is 0 Å². The van der Waals surface area contributed by atoms with E-state index in [4.69, 9.17) is 16.3 Å². The van der Waals surface area contributed by atoms with E-state index in [2.05, 4.69) is 36.1 Å². The average Bonchev–Trinajstić information content (AvgIpc) is 3.00. The third kappa shape index (κ3) is 3.33. The summed E-state index contributed by atoms with van der Waals surface area (Å²) in [6.45, 7) is 2.80. The topological polar surface area (TPSA) is 29.5 Å². The highest BCUT2D eigenvalue weighted by Gasteiger charge is 2.50. The Morgan fingerprint density at radius 2 is 1.96 bits per heavy atom. The number of ether oxygens (including phenoxy) is 1. The summed E-state index contributed by atoms with van der Waals surface area (Å²) < 4.78 is 5.32. The molecule has 3 nitrogen and oxygen atoms in total. The molecule has 28 heavy (non-hydrogen) atoms. The predicted molar refractivity (Wildman–Crippen MR) is 112 cm³/mol. The smallest absolute Gasteiger partial charge is 0.227 e. The summed E-state index contributed by atoms with van der Waals surface area (Å²) in [6.07, 6.45) is 6.51. The van der Waals surface area contributed by atoms with E-state index < -0.39 is 0 Å². The minimum Gasteiger partial charge on any atom is -0.495 e. The Morgan fingerprint density at radius 3 is 2.64 bits per heavy atom. The van der Waals surface area contributed by atoms with Gasteiger partial charge in [-0.1, -0.05) is 73.5 Å². The number of carbonyl (C=O) groups is 1. The van der Waals surface area contributed by atoms with Crippen molar-refractivity contribution in [2.24, 2.45) is 17.8 Å². The summed E-state index contributed by atoms with van der Waals surface area (Å²) in [5.74, 6) is 1.55. The maximum absolute atomic E-state index is 13.5. The molecule has 2 aliphatic rings. The van der Waals surface area contributed by atoms with Gasteiger partial charge in [0.05, 0.1) is 18.2 Å². The van der Waals surface area contributed by atoms with Crippen LogP contribution in [-0.2, 0) is 11.3 Å². The quantitative estimate of drug-likeness (QED) is 0.612. The first-order chi connectivity index (χ1) is 13.6. The van der Waals surface area contributed by atoms with Crippen molar-refractivity contribution in [1.82, 2.24) is 4.90 Å². The van der Waals surface area contributed by atoms with Crippen molar-refractivity contribution in [2.75, 3.05) is 7.11 Å². The van der Waals surface area contributed by atoms with Crippen molar-refractivity contribution < 1.29 is 9.53 Å². The normalized spacial score (nSPS) is 26.4. The Morgan fingerprint density at radius 1 is 1.18 bits per heavy atom. The minimum absolute atomic E-state index is 0.00767. The largest absolute Gasteiger partial charge is 0.495 e. The molecule has 2 aromatic carbocycles. The van der Waals surface area contributed by atoms with Crippen molar-refractivity contribution in [3.63, 3.8) is 0 Å². The number of hydrogen-bond acceptors (Lipinski definition) is 2. The lowest BCUT2D eigenvalue weighted by Crippen LogP contribution is -2.31. The Labute approximate surface area is 172 Å². The van der Waals surface area contributed by atoms with Gasteiger partial charge in [-0.05, 0) is 35.6 Å². The van der Waals surface area contributed by atoms with Crippen LogP contribution in [-0.4, -0.2) is 17.9 Å². The molecule has 0 unspecified atom stereocenters. The summed E-state index contributed by atoms with van der Waals surface area (Å²) in [7, 11) is 1.62. The number of hydrogen-bond donors (Lipinski definition) is 0. The Hall–Kier alpha value is -2.26. The van der Waals surface area contributed by atoms with Crippen molar-refractivity contribution in [3.8, 4) is 5.75 Å². The van der Waals surface area contributed by atoms with E-state index in [0.717, 1.165) is 24.0 Å². The zero-order valence-electron chi connectivity index (χ0n) is 16.3. The summed E-state index contributed by atoms with van der Waals surface area (Å²) >= 11 is 6.44. The number of halogens is 1. The molecular weight excluding hydrogens is 370 g/mol. The van der Waals surface area contributed by atoms with Gasteiger partial charge in [-0.15, -0.1) is 0 Å². The second-order valence-electron chi connectivity index (χ2n) is 7.73. The molecule has 4 atom stereocenters. The number of allylic oxidation sites excluding steroid dienone is 1. The number of carbonyl (C=O) groups excluding carboxylic acids is 1. The second-order valence-corrected chi connectivity index (χ2v) is 8.13. The van der Waals surface area contributed by atoms with E-state index in [1.54, 1.807) is 7.11 Å². The highest BCUT2D eigenvalue weighted by atomic mass is 35.5. The number of benzene rings is 2. The number of nitrogens with zero attached hydrogens (tertiary/aromatic N) is 1. The summed E-state index contributed by atoms with van der Waals surface area (Å²) in [4.78, 5) is 15.6. The van der Waals surface area contributed by atoms with Gasteiger partial charge in [-0.2, -0.15) is 0 Å². The third-order valence-electron chi connectivity index (χ3n) is 6.23. The highest BCUT2D eigenvalue weighted by Crippen LogP contribution is 2.50. The summed E-state index contributed by atoms with van der Waals surface area (Å²) in [5.41, 5.74) is 2.22. The SMILES string of the molecule is CC[C@@H]1CC=C[C@H]2[C@H]1C(=O)N(Cc1ccccc1)[C@H]2c1ccc(OC)c(Cl)c1. The molecule has 0 bridgehead atoms. The van der Waals surface area contributed by atoms with Gasteiger partial charge < -0.3 is 9.64 Å². The van der Waals surface area contributed by atoms with Crippen LogP contribution in [0.2, 0.25) is 5.02 Å². The van der Waals surface area contributed by atoms with Gasteiger partial charge >= 0.3 is 0 Å². The van der Waals surface area contributed by atoms with Gasteiger partial charge in [-0.3, -0.25) is 4.79 Å². The van der Waals surface area contributed by atoms with Gasteiger partial charge in [0.25, 0.3) is 0 Å². The van der Waals surface area contributed by atoms with Crippen molar-refractivity contribution >= 4 is 17.5 Å². The van der Waals surface area contributed by atoms with Crippen LogP contribution in [0.15, 0.2) is 60.7 Å². The van der Waals surface area contributed by atoms with Crippen LogP contribution >= 0.6 is 11.6 Å². The molecule has 2 aromatic rings. The molecule has 1 fully saturated rings. The van der Waals surface area contributed by atoms with Crippen LogP contribution in [0.4, 0.5) is 0 Å². The average molecular weight is 396 g/mol. The van der Waals surface area contributed by atoms with Crippen molar-refractivity contribution in [1.29, 1.82) is 0 Å². The molecule has 0 aromatic heterocycles. The van der Waals surface area contributed by atoms with E-state index in [-0.39, 0.29) is 23.8 Å². The van der Waals surface area contributed by atoms with Gasteiger partial charge in [0.2, 0.25) is 5.91 Å². The molecule has 1 aliphatic heterocycles. The lowest BCUT2D eigenvalue weighted by molar-refractivity contribution is -0.134. The Balaban J connectivity index is 1.76. The lowest BCUT2D eigenvalue weighted by atomic mass is 9.73. The van der Waals surface area contributed by atoms with E-state index in [1.165, 1.54) is 0 Å². The fraction of sp³-hybridized carbons (Fsp3) is 0.375. The fourth-order valence-corrected chi connectivity index (χ4v) is 5.11. The van der Waals surface area contributed by atoms with E-state index >= 15 is 0 Å². The Kier molecular flexibility index (Phi) is 5.45. The molecule has 1 heterocycles. The van der Waals surface area contributed by atoms with Crippen LogP contribution < -0.4 is 4.74 Å². The molecule has 4 rings (SSSR count). The Bertz CT molecular complexity index is 879.